The third-order valence-electron chi connectivity index (χ3n) is 9.91. The number of amides is 3. The van der Waals surface area contributed by atoms with Gasteiger partial charge in [0.25, 0.3) is 0 Å². The summed E-state index contributed by atoms with van der Waals surface area (Å²) in [4.78, 5) is 51.0. The number of hydrogen-bond acceptors (Lipinski definition) is 7. The molecule has 1 aliphatic heterocycles. The van der Waals surface area contributed by atoms with E-state index >= 15 is 0 Å². The van der Waals surface area contributed by atoms with Gasteiger partial charge >= 0.3 is 6.09 Å². The molecule has 1 saturated heterocycles. The van der Waals surface area contributed by atoms with E-state index in [0.717, 1.165) is 39.5 Å². The summed E-state index contributed by atoms with van der Waals surface area (Å²) in [7, 11) is 0. The molecule has 11 heteroatoms. The van der Waals surface area contributed by atoms with Gasteiger partial charge in [-0.2, -0.15) is 0 Å². The van der Waals surface area contributed by atoms with Crippen LogP contribution in [0, 0.1) is 0 Å². The van der Waals surface area contributed by atoms with E-state index < -0.39 is 6.09 Å². The first-order chi connectivity index (χ1) is 28.0. The summed E-state index contributed by atoms with van der Waals surface area (Å²) in [5.74, 6) is 0.579. The number of benzene rings is 5. The van der Waals surface area contributed by atoms with Crippen LogP contribution in [0.3, 0.4) is 0 Å². The molecular formula is C46H47N7O4. The van der Waals surface area contributed by atoms with Gasteiger partial charge in [0.15, 0.2) is 0 Å². The number of aromatic amines is 1. The highest BCUT2D eigenvalue weighted by atomic mass is 16.6. The van der Waals surface area contributed by atoms with Crippen LogP contribution in [0.15, 0.2) is 146 Å². The molecule has 7 rings (SSSR count). The number of nitrogens with one attached hydrogen (secondary N) is 4. The summed E-state index contributed by atoms with van der Waals surface area (Å²) < 4.78 is 6.32. The number of hydrogen-bond donors (Lipinski definition) is 4. The van der Waals surface area contributed by atoms with Crippen LogP contribution in [0.2, 0.25) is 0 Å². The molecule has 1 fully saturated rings. The molecule has 0 unspecified atom stereocenters. The Bertz CT molecular complexity index is 2140. The second-order valence-corrected chi connectivity index (χ2v) is 13.9. The molecule has 4 N–H and O–H groups in total. The number of ether oxygens (including phenoxy) is 1. The van der Waals surface area contributed by atoms with Gasteiger partial charge in [-0.3, -0.25) is 9.59 Å². The molecule has 11 nitrogen and oxygen atoms in total. The van der Waals surface area contributed by atoms with Crippen LogP contribution in [0.25, 0.3) is 22.3 Å². The van der Waals surface area contributed by atoms with Crippen molar-refractivity contribution < 1.29 is 19.1 Å². The van der Waals surface area contributed by atoms with Gasteiger partial charge < -0.3 is 30.6 Å². The number of nitrogens with zero attached hydrogens (tertiary/aromatic N) is 3. The van der Waals surface area contributed by atoms with E-state index in [-0.39, 0.29) is 17.9 Å². The molecule has 57 heavy (non-hydrogen) atoms. The molecule has 2 heterocycles. The normalized spacial score (nSPS) is 13.1. The van der Waals surface area contributed by atoms with Crippen molar-refractivity contribution in [3.05, 3.63) is 152 Å². The van der Waals surface area contributed by atoms with Gasteiger partial charge in [0.1, 0.15) is 11.9 Å². The standard InChI is InChI=1S/C46H47N7O4/c54-44(22-26-47-33-43-48-27-28-49-43)50-36-16-11-17-37(32-36)51-45(55)25-31-52-29-23-38(24-30-52)57-46(56)53(41-20-9-7-18-39(41)34-12-3-1-4-13-34)42-21-10-8-19-40(42)35-14-5-2-6-15-35/h1-21,27-28,32,38,47H,22-26,29-31,33H2,(H,48,49)(H,50,54)(H,51,55). The van der Waals surface area contributed by atoms with E-state index in [9.17, 15) is 14.4 Å². The maximum Gasteiger partial charge on any atom is 0.419 e. The maximum atomic E-state index is 14.4. The van der Waals surface area contributed by atoms with Gasteiger partial charge in [-0.15, -0.1) is 0 Å². The topological polar surface area (TPSA) is 132 Å². The molecular weight excluding hydrogens is 715 g/mol. The van der Waals surface area contributed by atoms with Gasteiger partial charge in [0, 0.05) is 73.9 Å². The third-order valence-corrected chi connectivity index (χ3v) is 9.91. The first-order valence-corrected chi connectivity index (χ1v) is 19.4. The van der Waals surface area contributed by atoms with Gasteiger partial charge in [-0.25, -0.2) is 14.7 Å². The second kappa shape index (κ2) is 19.3. The molecule has 1 aliphatic rings. The lowest BCUT2D eigenvalue weighted by Crippen LogP contribution is -2.41. The number of anilines is 4. The van der Waals surface area contributed by atoms with Crippen LogP contribution in [0.5, 0.6) is 0 Å². The van der Waals surface area contributed by atoms with Crippen LogP contribution in [0.4, 0.5) is 27.5 Å². The van der Waals surface area contributed by atoms with Crippen molar-refractivity contribution >= 4 is 40.7 Å². The van der Waals surface area contributed by atoms with Crippen molar-refractivity contribution in [2.45, 2.75) is 38.3 Å². The Morgan fingerprint density at radius 2 is 1.26 bits per heavy atom. The Balaban J connectivity index is 0.933. The molecule has 0 atom stereocenters. The largest absolute Gasteiger partial charge is 0.445 e. The van der Waals surface area contributed by atoms with Crippen molar-refractivity contribution in [1.82, 2.24) is 20.2 Å². The summed E-state index contributed by atoms with van der Waals surface area (Å²) in [6, 6.07) is 43.2. The zero-order chi connectivity index (χ0) is 39.2. The van der Waals surface area contributed by atoms with Crippen LogP contribution in [0.1, 0.15) is 31.5 Å². The van der Waals surface area contributed by atoms with E-state index in [1.807, 2.05) is 109 Å². The predicted octanol–water partition coefficient (Wildman–Crippen LogP) is 8.63. The number of carbonyl (C=O) groups is 3. The first-order valence-electron chi connectivity index (χ1n) is 19.4. The zero-order valence-electron chi connectivity index (χ0n) is 31.8. The van der Waals surface area contributed by atoms with Crippen LogP contribution in [-0.2, 0) is 20.9 Å². The van der Waals surface area contributed by atoms with Crippen molar-refractivity contribution in [3.63, 3.8) is 0 Å². The first kappa shape index (κ1) is 38.7. The summed E-state index contributed by atoms with van der Waals surface area (Å²) in [6.45, 7) is 3.04. The Hall–Kier alpha value is -6.56. The Kier molecular flexibility index (Phi) is 13.1. The molecule has 290 valence electrons. The molecule has 3 amide bonds. The molecule has 0 radical (unpaired) electrons. The minimum Gasteiger partial charge on any atom is -0.445 e. The number of carbonyl (C=O) groups excluding carboxylic acids is 3. The van der Waals surface area contributed by atoms with Crippen LogP contribution in [-0.4, -0.2) is 65.1 Å². The number of aromatic nitrogens is 2. The second-order valence-electron chi connectivity index (χ2n) is 13.9. The van der Waals surface area contributed by atoms with Crippen molar-refractivity contribution in [1.29, 1.82) is 0 Å². The quantitative estimate of drug-likeness (QED) is 0.0771. The SMILES string of the molecule is O=C(CCNCc1ncc[nH]1)Nc1cccc(NC(=O)CCN2CCC(OC(=O)N(c3ccccc3-c3ccccc3)c3ccccc3-c3ccccc3)CC2)c1. The fraction of sp³-hybridized carbons (Fsp3) is 0.217. The van der Waals surface area contributed by atoms with Gasteiger partial charge in [-0.05, 0) is 54.3 Å². The molecule has 1 aromatic heterocycles. The lowest BCUT2D eigenvalue weighted by Gasteiger charge is -2.33. The number of likely N-dealkylation sites (tertiary alicyclic amines) is 1. The zero-order valence-corrected chi connectivity index (χ0v) is 31.8. The average Bonchev–Trinajstić information content (AvgIpc) is 3.77. The maximum absolute atomic E-state index is 14.4. The van der Waals surface area contributed by atoms with E-state index in [2.05, 4.69) is 30.8 Å². The number of rotatable bonds is 15. The Morgan fingerprint density at radius 3 is 1.84 bits per heavy atom. The van der Waals surface area contributed by atoms with Gasteiger partial charge in [0.2, 0.25) is 11.8 Å². The summed E-state index contributed by atoms with van der Waals surface area (Å²) >= 11 is 0. The fourth-order valence-electron chi connectivity index (χ4n) is 7.02. The highest BCUT2D eigenvalue weighted by molar-refractivity contribution is 6.04. The van der Waals surface area contributed by atoms with E-state index in [0.29, 0.717) is 69.8 Å². The molecule has 6 aromatic rings. The third kappa shape index (κ3) is 10.6. The van der Waals surface area contributed by atoms with Crippen molar-refractivity contribution in [3.8, 4) is 22.3 Å². The van der Waals surface area contributed by atoms with Crippen molar-refractivity contribution in [2.75, 3.05) is 41.7 Å². The molecule has 5 aromatic carbocycles. The highest BCUT2D eigenvalue weighted by Gasteiger charge is 2.29. The summed E-state index contributed by atoms with van der Waals surface area (Å²) in [5, 5.41) is 9.04. The fourth-order valence-corrected chi connectivity index (χ4v) is 7.02. The van der Waals surface area contributed by atoms with E-state index in [1.54, 1.807) is 41.6 Å². The van der Waals surface area contributed by atoms with E-state index in [1.165, 1.54) is 0 Å². The number of imidazole rings is 1. The Morgan fingerprint density at radius 1 is 0.702 bits per heavy atom. The molecule has 0 saturated carbocycles. The summed E-state index contributed by atoms with van der Waals surface area (Å²) in [5.41, 5.74) is 6.56. The predicted molar refractivity (Wildman–Crippen MR) is 225 cm³/mol. The summed E-state index contributed by atoms with van der Waals surface area (Å²) in [6.07, 6.45) is 4.66. The van der Waals surface area contributed by atoms with Crippen LogP contribution < -0.4 is 20.9 Å². The van der Waals surface area contributed by atoms with Crippen LogP contribution >= 0.6 is 0 Å². The smallest absolute Gasteiger partial charge is 0.419 e. The highest BCUT2D eigenvalue weighted by Crippen LogP contribution is 2.40. The monoisotopic (exact) mass is 761 g/mol. The van der Waals surface area contributed by atoms with Gasteiger partial charge in [0.05, 0.1) is 17.9 Å². The number of para-hydroxylation sites is 2. The molecule has 0 aliphatic carbocycles. The lowest BCUT2D eigenvalue weighted by molar-refractivity contribution is -0.117. The average molecular weight is 762 g/mol. The van der Waals surface area contributed by atoms with Gasteiger partial charge in [-0.1, -0.05) is 103 Å². The van der Waals surface area contributed by atoms with Crippen molar-refractivity contribution in [2.24, 2.45) is 0 Å². The Labute approximate surface area is 333 Å². The molecule has 0 spiro atoms. The minimum absolute atomic E-state index is 0.112. The molecule has 0 bridgehead atoms. The number of H-pyrrole nitrogens is 1. The lowest BCUT2D eigenvalue weighted by atomic mass is 10.00. The van der Waals surface area contributed by atoms with E-state index in [4.69, 9.17) is 4.74 Å². The number of piperidine rings is 1. The minimum atomic E-state index is -0.431.